The molecule has 1 aliphatic rings. The van der Waals surface area contributed by atoms with Crippen molar-refractivity contribution in [1.82, 2.24) is 14.5 Å². The predicted molar refractivity (Wildman–Crippen MR) is 125 cm³/mol. The van der Waals surface area contributed by atoms with Gasteiger partial charge in [-0.25, -0.2) is 4.98 Å². The number of thiophene rings is 1. The maximum Gasteiger partial charge on any atom is 0.310 e. The van der Waals surface area contributed by atoms with E-state index in [0.717, 1.165) is 29.5 Å². The van der Waals surface area contributed by atoms with E-state index in [1.807, 2.05) is 36.6 Å². The van der Waals surface area contributed by atoms with Gasteiger partial charge in [0, 0.05) is 37.0 Å². The summed E-state index contributed by atoms with van der Waals surface area (Å²) in [5.41, 5.74) is 2.87. The SMILES string of the molecule is CCOC(=O)C1CCCN(C(=O)CCn2cnc3scc(-c4ccc(C)cc4)c3c2=O)C1. The summed E-state index contributed by atoms with van der Waals surface area (Å²) in [7, 11) is 0. The molecule has 1 unspecified atom stereocenters. The molecule has 1 aromatic carbocycles. The lowest BCUT2D eigenvalue weighted by molar-refractivity contribution is -0.151. The average Bonchev–Trinajstić information content (AvgIpc) is 3.24. The fraction of sp³-hybridized carbons (Fsp3) is 0.417. The van der Waals surface area contributed by atoms with Gasteiger partial charge in [-0.3, -0.25) is 19.0 Å². The van der Waals surface area contributed by atoms with Crippen molar-refractivity contribution in [3.05, 3.63) is 51.9 Å². The largest absolute Gasteiger partial charge is 0.466 e. The zero-order valence-corrected chi connectivity index (χ0v) is 19.2. The predicted octanol–water partition coefficient (Wildman–Crippen LogP) is 3.63. The van der Waals surface area contributed by atoms with E-state index in [0.29, 0.717) is 29.9 Å². The number of ether oxygens (including phenoxy) is 1. The molecule has 168 valence electrons. The zero-order valence-electron chi connectivity index (χ0n) is 18.4. The number of carbonyl (C=O) groups is 2. The minimum Gasteiger partial charge on any atom is -0.466 e. The molecule has 1 amide bonds. The van der Waals surface area contributed by atoms with Gasteiger partial charge in [0.1, 0.15) is 4.83 Å². The molecule has 0 saturated carbocycles. The molecule has 1 aliphatic heterocycles. The van der Waals surface area contributed by atoms with E-state index in [1.165, 1.54) is 22.2 Å². The number of hydrogen-bond acceptors (Lipinski definition) is 6. The summed E-state index contributed by atoms with van der Waals surface area (Å²) in [4.78, 5) is 44.9. The molecule has 0 aliphatic carbocycles. The highest BCUT2D eigenvalue weighted by molar-refractivity contribution is 7.17. The maximum absolute atomic E-state index is 13.2. The van der Waals surface area contributed by atoms with Crippen LogP contribution in [0, 0.1) is 12.8 Å². The van der Waals surface area contributed by atoms with E-state index >= 15 is 0 Å². The number of benzene rings is 1. The van der Waals surface area contributed by atoms with Crippen LogP contribution in [0.5, 0.6) is 0 Å². The first-order valence-electron chi connectivity index (χ1n) is 11.0. The zero-order chi connectivity index (χ0) is 22.7. The van der Waals surface area contributed by atoms with Crippen molar-refractivity contribution in [2.45, 2.75) is 39.7 Å². The lowest BCUT2D eigenvalue weighted by Crippen LogP contribution is -2.43. The molecule has 7 nitrogen and oxygen atoms in total. The Balaban J connectivity index is 1.49. The van der Waals surface area contributed by atoms with Gasteiger partial charge in [-0.15, -0.1) is 11.3 Å². The molecule has 0 N–H and O–H groups in total. The Labute approximate surface area is 190 Å². The van der Waals surface area contributed by atoms with Crippen molar-refractivity contribution < 1.29 is 14.3 Å². The number of aryl methyl sites for hydroxylation is 2. The van der Waals surface area contributed by atoms with E-state index in [-0.39, 0.29) is 36.3 Å². The number of fused-ring (bicyclic) bond motifs is 1. The van der Waals surface area contributed by atoms with Crippen LogP contribution in [0.1, 0.15) is 31.7 Å². The summed E-state index contributed by atoms with van der Waals surface area (Å²) in [6.45, 7) is 5.41. The van der Waals surface area contributed by atoms with Crippen LogP contribution in [-0.4, -0.2) is 46.0 Å². The van der Waals surface area contributed by atoms with Gasteiger partial charge in [-0.1, -0.05) is 29.8 Å². The Morgan fingerprint density at radius 2 is 2.03 bits per heavy atom. The van der Waals surface area contributed by atoms with Crippen LogP contribution in [0.25, 0.3) is 21.3 Å². The van der Waals surface area contributed by atoms with E-state index in [9.17, 15) is 14.4 Å². The van der Waals surface area contributed by atoms with E-state index < -0.39 is 0 Å². The van der Waals surface area contributed by atoms with Gasteiger partial charge in [0.05, 0.1) is 24.2 Å². The Morgan fingerprint density at radius 1 is 1.25 bits per heavy atom. The summed E-state index contributed by atoms with van der Waals surface area (Å²) in [5.74, 6) is -0.566. The second-order valence-electron chi connectivity index (χ2n) is 8.12. The van der Waals surface area contributed by atoms with Crippen molar-refractivity contribution in [3.63, 3.8) is 0 Å². The number of esters is 1. The van der Waals surface area contributed by atoms with Crippen LogP contribution < -0.4 is 5.56 Å². The first-order valence-corrected chi connectivity index (χ1v) is 11.8. The van der Waals surface area contributed by atoms with Crippen molar-refractivity contribution in [3.8, 4) is 11.1 Å². The number of nitrogens with zero attached hydrogens (tertiary/aromatic N) is 3. The van der Waals surface area contributed by atoms with Crippen molar-refractivity contribution in [1.29, 1.82) is 0 Å². The highest BCUT2D eigenvalue weighted by Crippen LogP contribution is 2.30. The van der Waals surface area contributed by atoms with Gasteiger partial charge in [0.2, 0.25) is 5.91 Å². The summed E-state index contributed by atoms with van der Waals surface area (Å²) >= 11 is 1.45. The molecule has 3 heterocycles. The summed E-state index contributed by atoms with van der Waals surface area (Å²) in [6, 6.07) is 8.06. The van der Waals surface area contributed by atoms with Crippen LogP contribution in [0.15, 0.2) is 40.8 Å². The Hall–Kier alpha value is -3.00. The number of carbonyl (C=O) groups excluding carboxylic acids is 2. The second-order valence-corrected chi connectivity index (χ2v) is 8.98. The van der Waals surface area contributed by atoms with E-state index in [1.54, 1.807) is 11.8 Å². The van der Waals surface area contributed by atoms with E-state index in [4.69, 9.17) is 4.74 Å². The van der Waals surface area contributed by atoms with Crippen LogP contribution in [-0.2, 0) is 20.9 Å². The normalized spacial score (nSPS) is 16.3. The minimum atomic E-state index is -0.267. The average molecular weight is 454 g/mol. The number of amides is 1. The molecule has 8 heteroatoms. The Kier molecular flexibility index (Phi) is 6.69. The highest BCUT2D eigenvalue weighted by atomic mass is 32.1. The molecule has 1 fully saturated rings. The third-order valence-electron chi connectivity index (χ3n) is 5.88. The number of aromatic nitrogens is 2. The van der Waals surface area contributed by atoms with Crippen LogP contribution in [0.3, 0.4) is 0 Å². The molecule has 1 atom stereocenters. The quantitative estimate of drug-likeness (QED) is 0.533. The van der Waals surface area contributed by atoms with Crippen molar-refractivity contribution in [2.75, 3.05) is 19.7 Å². The lowest BCUT2D eigenvalue weighted by atomic mass is 9.98. The molecular formula is C24H27N3O4S. The molecule has 32 heavy (non-hydrogen) atoms. The van der Waals surface area contributed by atoms with E-state index in [2.05, 4.69) is 4.98 Å². The molecule has 3 aromatic rings. The number of likely N-dealkylation sites (tertiary alicyclic amines) is 1. The molecule has 4 rings (SSSR count). The fourth-order valence-electron chi connectivity index (χ4n) is 4.10. The van der Waals surface area contributed by atoms with Crippen LogP contribution >= 0.6 is 11.3 Å². The topological polar surface area (TPSA) is 81.5 Å². The standard InChI is InChI=1S/C24H27N3O4S/c1-3-31-24(30)18-5-4-11-26(13-18)20(28)10-12-27-15-25-22-21(23(27)29)19(14-32-22)17-8-6-16(2)7-9-17/h6-9,14-15,18H,3-5,10-13H2,1-2H3. The second kappa shape index (κ2) is 9.65. The Bertz CT molecular complexity index is 1180. The smallest absolute Gasteiger partial charge is 0.310 e. The monoisotopic (exact) mass is 453 g/mol. The molecule has 1 saturated heterocycles. The summed E-state index contributed by atoms with van der Waals surface area (Å²) in [5, 5.41) is 2.55. The van der Waals surface area contributed by atoms with Gasteiger partial charge in [0.25, 0.3) is 5.56 Å². The van der Waals surface area contributed by atoms with Gasteiger partial charge < -0.3 is 9.64 Å². The van der Waals surface area contributed by atoms with Gasteiger partial charge in [-0.2, -0.15) is 0 Å². The molecule has 0 radical (unpaired) electrons. The molecule has 0 bridgehead atoms. The fourth-order valence-corrected chi connectivity index (χ4v) is 5.01. The van der Waals surface area contributed by atoms with Crippen molar-refractivity contribution in [2.24, 2.45) is 5.92 Å². The Morgan fingerprint density at radius 3 is 2.78 bits per heavy atom. The molecular weight excluding hydrogens is 426 g/mol. The third-order valence-corrected chi connectivity index (χ3v) is 6.77. The first-order chi connectivity index (χ1) is 15.5. The number of rotatable bonds is 6. The van der Waals surface area contributed by atoms with Gasteiger partial charge in [0.15, 0.2) is 0 Å². The lowest BCUT2D eigenvalue weighted by Gasteiger charge is -2.31. The van der Waals surface area contributed by atoms with Gasteiger partial charge in [-0.05, 0) is 32.3 Å². The minimum absolute atomic E-state index is 0.0601. The van der Waals surface area contributed by atoms with Crippen LogP contribution in [0.4, 0.5) is 0 Å². The molecule has 0 spiro atoms. The highest BCUT2D eigenvalue weighted by Gasteiger charge is 2.29. The summed E-state index contributed by atoms with van der Waals surface area (Å²) in [6.07, 6.45) is 3.22. The maximum atomic E-state index is 13.2. The van der Waals surface area contributed by atoms with Crippen molar-refractivity contribution >= 4 is 33.4 Å². The first kappa shape index (κ1) is 22.2. The third kappa shape index (κ3) is 4.60. The summed E-state index contributed by atoms with van der Waals surface area (Å²) < 4.78 is 6.62. The molecule has 2 aromatic heterocycles. The van der Waals surface area contributed by atoms with Crippen LogP contribution in [0.2, 0.25) is 0 Å². The number of hydrogen-bond donors (Lipinski definition) is 0. The van der Waals surface area contributed by atoms with Gasteiger partial charge >= 0.3 is 5.97 Å². The number of piperidine rings is 1.